The Morgan fingerprint density at radius 1 is 1.20 bits per heavy atom. The Kier molecular flexibility index (Phi) is 6.34. The largest absolute Gasteiger partial charge is 0.374 e. The second-order valence-corrected chi connectivity index (χ2v) is 9.17. The van der Waals surface area contributed by atoms with Gasteiger partial charge in [0, 0.05) is 43.1 Å². The van der Waals surface area contributed by atoms with E-state index >= 15 is 0 Å². The highest BCUT2D eigenvalue weighted by Gasteiger charge is 2.18. The number of hydrogen-bond donors (Lipinski definition) is 1. The SMILES string of the molecule is COC(CNC(=O)c1ccc(S(=O)(=O)N(C)C)cc1)c1ccc(C)s1. The molecule has 0 saturated carbocycles. The molecule has 136 valence electrons. The smallest absolute Gasteiger partial charge is 0.251 e. The number of hydrogen-bond acceptors (Lipinski definition) is 5. The van der Waals surface area contributed by atoms with Crippen molar-refractivity contribution in [1.29, 1.82) is 0 Å². The summed E-state index contributed by atoms with van der Waals surface area (Å²) < 4.78 is 30.6. The van der Waals surface area contributed by atoms with Crippen molar-refractivity contribution in [3.05, 3.63) is 51.7 Å². The van der Waals surface area contributed by atoms with Crippen LogP contribution in [0.5, 0.6) is 0 Å². The first-order valence-corrected chi connectivity index (χ1v) is 9.91. The highest BCUT2D eigenvalue weighted by Crippen LogP contribution is 2.24. The Morgan fingerprint density at radius 3 is 2.32 bits per heavy atom. The molecule has 2 rings (SSSR count). The molecule has 0 fully saturated rings. The first kappa shape index (κ1) is 19.6. The molecule has 0 aliphatic carbocycles. The van der Waals surface area contributed by atoms with Crippen molar-refractivity contribution >= 4 is 27.3 Å². The molecule has 1 unspecified atom stereocenters. The van der Waals surface area contributed by atoms with Gasteiger partial charge in [0.1, 0.15) is 6.10 Å². The van der Waals surface area contributed by atoms with Crippen molar-refractivity contribution < 1.29 is 17.9 Å². The van der Waals surface area contributed by atoms with E-state index in [1.54, 1.807) is 18.4 Å². The maximum atomic E-state index is 12.3. The fraction of sp³-hybridized carbons (Fsp3) is 0.353. The van der Waals surface area contributed by atoms with E-state index in [1.807, 2.05) is 19.1 Å². The van der Waals surface area contributed by atoms with Crippen molar-refractivity contribution in [1.82, 2.24) is 9.62 Å². The number of ether oxygens (including phenoxy) is 1. The first-order valence-electron chi connectivity index (χ1n) is 7.65. The zero-order valence-electron chi connectivity index (χ0n) is 14.6. The van der Waals surface area contributed by atoms with Crippen LogP contribution in [0.1, 0.15) is 26.2 Å². The normalized spacial score (nSPS) is 13.0. The summed E-state index contributed by atoms with van der Waals surface area (Å²) in [6.45, 7) is 2.36. The summed E-state index contributed by atoms with van der Waals surface area (Å²) in [6.07, 6.45) is -0.212. The van der Waals surface area contributed by atoms with Crippen molar-refractivity contribution in [2.24, 2.45) is 0 Å². The van der Waals surface area contributed by atoms with E-state index < -0.39 is 10.0 Å². The van der Waals surface area contributed by atoms with Gasteiger partial charge in [0.05, 0.1) is 4.90 Å². The average Bonchev–Trinajstić information content (AvgIpc) is 3.01. The molecule has 0 spiro atoms. The predicted molar refractivity (Wildman–Crippen MR) is 98.5 cm³/mol. The lowest BCUT2D eigenvalue weighted by atomic mass is 10.2. The molecule has 1 amide bonds. The third-order valence-corrected chi connectivity index (χ3v) is 6.63. The van der Waals surface area contributed by atoms with Crippen molar-refractivity contribution in [2.45, 2.75) is 17.9 Å². The second kappa shape index (κ2) is 8.09. The minimum Gasteiger partial charge on any atom is -0.374 e. The molecule has 8 heteroatoms. The summed E-state index contributed by atoms with van der Waals surface area (Å²) in [5.74, 6) is -0.274. The highest BCUT2D eigenvalue weighted by atomic mass is 32.2. The van der Waals surface area contributed by atoms with E-state index in [0.717, 1.165) is 9.18 Å². The van der Waals surface area contributed by atoms with Crippen LogP contribution in [-0.2, 0) is 14.8 Å². The number of nitrogens with zero attached hydrogens (tertiary/aromatic N) is 1. The molecule has 1 atom stereocenters. The summed E-state index contributed by atoms with van der Waals surface area (Å²) in [5, 5.41) is 2.82. The Labute approximate surface area is 152 Å². The summed E-state index contributed by atoms with van der Waals surface area (Å²) in [4.78, 5) is 14.7. The number of aryl methyl sites for hydroxylation is 1. The van der Waals surface area contributed by atoms with Crippen LogP contribution < -0.4 is 5.32 Å². The topological polar surface area (TPSA) is 75.7 Å². The monoisotopic (exact) mass is 382 g/mol. The second-order valence-electron chi connectivity index (χ2n) is 5.69. The number of nitrogens with one attached hydrogen (secondary N) is 1. The van der Waals surface area contributed by atoms with Gasteiger partial charge >= 0.3 is 0 Å². The van der Waals surface area contributed by atoms with Crippen molar-refractivity contribution in [3.63, 3.8) is 0 Å². The Balaban J connectivity index is 2.03. The van der Waals surface area contributed by atoms with Gasteiger partial charge in [-0.05, 0) is 43.3 Å². The Bertz CT molecular complexity index is 827. The van der Waals surface area contributed by atoms with Gasteiger partial charge < -0.3 is 10.1 Å². The zero-order valence-corrected chi connectivity index (χ0v) is 16.3. The molecule has 2 aromatic rings. The van der Waals surface area contributed by atoms with E-state index in [0.29, 0.717) is 12.1 Å². The molecule has 1 aromatic heterocycles. The van der Waals surface area contributed by atoms with Gasteiger partial charge in [-0.2, -0.15) is 0 Å². The van der Waals surface area contributed by atoms with Crippen LogP contribution in [0.4, 0.5) is 0 Å². The summed E-state index contributed by atoms with van der Waals surface area (Å²) in [6, 6.07) is 9.87. The molecule has 0 radical (unpaired) electrons. The van der Waals surface area contributed by atoms with Gasteiger partial charge in [0.15, 0.2) is 0 Å². The maximum Gasteiger partial charge on any atom is 0.251 e. The van der Waals surface area contributed by atoms with Gasteiger partial charge in [-0.15, -0.1) is 11.3 Å². The lowest BCUT2D eigenvalue weighted by Crippen LogP contribution is -2.29. The van der Waals surface area contributed by atoms with Crippen LogP contribution in [-0.4, -0.2) is 46.4 Å². The van der Waals surface area contributed by atoms with E-state index in [-0.39, 0.29) is 16.9 Å². The van der Waals surface area contributed by atoms with Gasteiger partial charge in [0.25, 0.3) is 5.91 Å². The van der Waals surface area contributed by atoms with E-state index in [1.165, 1.54) is 43.2 Å². The first-order chi connectivity index (χ1) is 11.8. The summed E-state index contributed by atoms with van der Waals surface area (Å²) >= 11 is 1.63. The molecule has 0 bridgehead atoms. The molecular weight excluding hydrogens is 360 g/mol. The lowest BCUT2D eigenvalue weighted by molar-refractivity contribution is 0.0837. The summed E-state index contributed by atoms with van der Waals surface area (Å²) in [5.41, 5.74) is 0.398. The van der Waals surface area contributed by atoms with Gasteiger partial charge in [-0.3, -0.25) is 4.79 Å². The molecule has 0 aliphatic rings. The van der Waals surface area contributed by atoms with Gasteiger partial charge in [0.2, 0.25) is 10.0 Å². The third-order valence-electron chi connectivity index (χ3n) is 3.71. The molecule has 1 heterocycles. The minimum absolute atomic E-state index is 0.151. The highest BCUT2D eigenvalue weighted by molar-refractivity contribution is 7.89. The van der Waals surface area contributed by atoms with E-state index in [2.05, 4.69) is 5.32 Å². The fourth-order valence-electron chi connectivity index (χ4n) is 2.20. The standard InChI is InChI=1S/C17H22N2O4S2/c1-12-5-10-16(24-12)15(23-4)11-18-17(20)13-6-8-14(9-7-13)25(21,22)19(2)3/h5-10,15H,11H2,1-4H3,(H,18,20). The quantitative estimate of drug-likeness (QED) is 0.798. The van der Waals surface area contributed by atoms with Crippen LogP contribution in [0.15, 0.2) is 41.3 Å². The number of benzene rings is 1. The average molecular weight is 383 g/mol. The van der Waals surface area contributed by atoms with Crippen LogP contribution in [0.3, 0.4) is 0 Å². The summed E-state index contributed by atoms with van der Waals surface area (Å²) in [7, 11) is 1.04. The molecule has 1 N–H and O–H groups in total. The number of carbonyl (C=O) groups excluding carboxylic acids is 1. The minimum atomic E-state index is -3.50. The molecule has 1 aromatic carbocycles. The number of carbonyl (C=O) groups is 1. The van der Waals surface area contributed by atoms with Gasteiger partial charge in [-0.25, -0.2) is 12.7 Å². The number of rotatable bonds is 7. The molecule has 0 aliphatic heterocycles. The maximum absolute atomic E-state index is 12.3. The number of methoxy groups -OCH3 is 1. The van der Waals surface area contributed by atoms with Gasteiger partial charge in [-0.1, -0.05) is 0 Å². The molecular formula is C17H22N2O4S2. The van der Waals surface area contributed by atoms with Crippen LogP contribution >= 0.6 is 11.3 Å². The van der Waals surface area contributed by atoms with Crippen molar-refractivity contribution in [2.75, 3.05) is 27.7 Å². The molecule has 25 heavy (non-hydrogen) atoms. The van der Waals surface area contributed by atoms with Crippen LogP contribution in [0.25, 0.3) is 0 Å². The number of amides is 1. The number of sulfonamides is 1. The van der Waals surface area contributed by atoms with E-state index in [4.69, 9.17) is 4.74 Å². The zero-order chi connectivity index (χ0) is 18.6. The Hall–Kier alpha value is -1.74. The lowest BCUT2D eigenvalue weighted by Gasteiger charge is -2.15. The Morgan fingerprint density at radius 2 is 1.84 bits per heavy atom. The predicted octanol–water partition coefficient (Wildman–Crippen LogP) is 2.42. The van der Waals surface area contributed by atoms with Crippen LogP contribution in [0.2, 0.25) is 0 Å². The van der Waals surface area contributed by atoms with E-state index in [9.17, 15) is 13.2 Å². The third kappa shape index (κ3) is 4.66. The number of thiophene rings is 1. The van der Waals surface area contributed by atoms with Crippen LogP contribution in [0, 0.1) is 6.92 Å². The fourth-order valence-corrected chi connectivity index (χ4v) is 4.06. The molecule has 0 saturated heterocycles. The van der Waals surface area contributed by atoms with Crippen molar-refractivity contribution in [3.8, 4) is 0 Å². The molecule has 6 nitrogen and oxygen atoms in total.